The lowest BCUT2D eigenvalue weighted by atomic mass is 10.3. The van der Waals surface area contributed by atoms with Gasteiger partial charge in [-0.25, -0.2) is 0 Å². The summed E-state index contributed by atoms with van der Waals surface area (Å²) in [6.45, 7) is 4.23. The van der Waals surface area contributed by atoms with E-state index in [1.807, 2.05) is 0 Å². The summed E-state index contributed by atoms with van der Waals surface area (Å²) in [5, 5.41) is 3.29. The zero-order valence-electron chi connectivity index (χ0n) is 9.71. The first-order valence-electron chi connectivity index (χ1n) is 5.86. The number of rotatable bonds is 10. The number of hydrogen-bond acceptors (Lipinski definition) is 4. The maximum absolute atomic E-state index is 5.75. The van der Waals surface area contributed by atoms with Gasteiger partial charge in [-0.2, -0.15) is 0 Å². The predicted octanol–water partition coefficient (Wildman–Crippen LogP) is 0.366. The van der Waals surface area contributed by atoms with Crippen molar-refractivity contribution in [3.05, 3.63) is 0 Å². The van der Waals surface area contributed by atoms with Gasteiger partial charge in [0.1, 0.15) is 0 Å². The van der Waals surface area contributed by atoms with Crippen LogP contribution in [0.3, 0.4) is 0 Å². The van der Waals surface area contributed by atoms with Gasteiger partial charge in [-0.05, 0) is 31.7 Å². The molecule has 1 unspecified atom stereocenters. The van der Waals surface area contributed by atoms with Gasteiger partial charge in [0.05, 0.1) is 6.61 Å². The maximum atomic E-state index is 5.75. The molecule has 0 saturated heterocycles. The van der Waals surface area contributed by atoms with E-state index in [1.54, 1.807) is 7.11 Å². The normalized spacial score (nSPS) is 18.0. The van der Waals surface area contributed by atoms with Gasteiger partial charge in [0.2, 0.25) is 0 Å². The zero-order valence-corrected chi connectivity index (χ0v) is 9.71. The van der Waals surface area contributed by atoms with E-state index in [1.165, 1.54) is 12.8 Å². The molecule has 1 fully saturated rings. The fourth-order valence-corrected chi connectivity index (χ4v) is 1.39. The van der Waals surface area contributed by atoms with Crippen LogP contribution in [0.1, 0.15) is 19.3 Å². The van der Waals surface area contributed by atoms with E-state index in [0.717, 1.165) is 38.6 Å². The van der Waals surface area contributed by atoms with Gasteiger partial charge in [0.25, 0.3) is 0 Å². The molecule has 0 heterocycles. The molecule has 3 N–H and O–H groups in total. The first-order chi connectivity index (χ1) is 7.33. The fraction of sp³-hybridized carbons (Fsp3) is 1.00. The second-order valence-electron chi connectivity index (χ2n) is 4.29. The van der Waals surface area contributed by atoms with Gasteiger partial charge in [-0.1, -0.05) is 0 Å². The van der Waals surface area contributed by atoms with Gasteiger partial charge >= 0.3 is 0 Å². The molecule has 15 heavy (non-hydrogen) atoms. The van der Waals surface area contributed by atoms with Gasteiger partial charge in [-0.3, -0.25) is 0 Å². The number of hydrogen-bond donors (Lipinski definition) is 2. The molecule has 0 amide bonds. The van der Waals surface area contributed by atoms with Gasteiger partial charge in [-0.15, -0.1) is 0 Å². The van der Waals surface area contributed by atoms with E-state index < -0.39 is 0 Å². The quantitative estimate of drug-likeness (QED) is 0.518. The van der Waals surface area contributed by atoms with E-state index >= 15 is 0 Å². The number of methoxy groups -OCH3 is 1. The number of nitrogens with two attached hydrogens (primary N) is 1. The second-order valence-corrected chi connectivity index (χ2v) is 4.29. The first-order valence-corrected chi connectivity index (χ1v) is 5.86. The van der Waals surface area contributed by atoms with E-state index in [0.29, 0.717) is 6.61 Å². The molecule has 0 aromatic rings. The lowest BCUT2D eigenvalue weighted by Crippen LogP contribution is -2.37. The summed E-state index contributed by atoms with van der Waals surface area (Å²) in [5.41, 5.74) is 5.75. The van der Waals surface area contributed by atoms with Crippen molar-refractivity contribution in [2.45, 2.75) is 25.3 Å². The van der Waals surface area contributed by atoms with Crippen molar-refractivity contribution in [1.82, 2.24) is 5.32 Å². The fourth-order valence-electron chi connectivity index (χ4n) is 1.39. The lowest BCUT2D eigenvalue weighted by Gasteiger charge is -2.11. The van der Waals surface area contributed by atoms with E-state index in [2.05, 4.69) is 5.32 Å². The summed E-state index contributed by atoms with van der Waals surface area (Å²) in [6.07, 6.45) is 3.79. The second kappa shape index (κ2) is 8.05. The largest absolute Gasteiger partial charge is 0.383 e. The Bertz CT molecular complexity index is 152. The molecule has 4 heteroatoms. The molecule has 1 rings (SSSR count). The SMILES string of the molecule is COCC(N)CNCCCOCC1CC1. The molecular formula is C11H24N2O2. The minimum atomic E-state index is 0.0994. The Balaban J connectivity index is 1.72. The number of ether oxygens (including phenoxy) is 2. The Morgan fingerprint density at radius 3 is 2.93 bits per heavy atom. The molecule has 0 aromatic carbocycles. The Morgan fingerprint density at radius 1 is 1.47 bits per heavy atom. The van der Waals surface area contributed by atoms with Crippen LogP contribution in [0.5, 0.6) is 0 Å². The van der Waals surface area contributed by atoms with Crippen molar-refractivity contribution in [3.63, 3.8) is 0 Å². The summed E-state index contributed by atoms with van der Waals surface area (Å²) in [4.78, 5) is 0. The van der Waals surface area contributed by atoms with E-state index in [9.17, 15) is 0 Å². The van der Waals surface area contributed by atoms with Crippen LogP contribution in [-0.2, 0) is 9.47 Å². The molecule has 90 valence electrons. The molecule has 0 radical (unpaired) electrons. The Morgan fingerprint density at radius 2 is 2.27 bits per heavy atom. The van der Waals surface area contributed by atoms with Crippen LogP contribution in [0.25, 0.3) is 0 Å². The average molecular weight is 216 g/mol. The summed E-state index contributed by atoms with van der Waals surface area (Å²) in [5.74, 6) is 0.869. The summed E-state index contributed by atoms with van der Waals surface area (Å²) in [7, 11) is 1.67. The van der Waals surface area contributed by atoms with E-state index in [-0.39, 0.29) is 6.04 Å². The number of nitrogens with one attached hydrogen (secondary N) is 1. The molecule has 0 aromatic heterocycles. The molecule has 4 nitrogen and oxygen atoms in total. The van der Waals surface area contributed by atoms with Gasteiger partial charge in [0, 0.05) is 32.9 Å². The highest BCUT2D eigenvalue weighted by Crippen LogP contribution is 2.28. The van der Waals surface area contributed by atoms with Crippen LogP contribution in [-0.4, -0.2) is 46.1 Å². The molecule has 1 saturated carbocycles. The van der Waals surface area contributed by atoms with E-state index in [4.69, 9.17) is 15.2 Å². The first kappa shape index (κ1) is 12.9. The van der Waals surface area contributed by atoms with Crippen molar-refractivity contribution < 1.29 is 9.47 Å². The van der Waals surface area contributed by atoms with Crippen LogP contribution in [0, 0.1) is 5.92 Å². The lowest BCUT2D eigenvalue weighted by molar-refractivity contribution is 0.121. The minimum absolute atomic E-state index is 0.0994. The molecule has 0 aliphatic heterocycles. The maximum Gasteiger partial charge on any atom is 0.0626 e. The van der Waals surface area contributed by atoms with Crippen LogP contribution < -0.4 is 11.1 Å². The highest BCUT2D eigenvalue weighted by molar-refractivity contribution is 4.71. The third-order valence-electron chi connectivity index (χ3n) is 2.48. The van der Waals surface area contributed by atoms with Crippen LogP contribution >= 0.6 is 0 Å². The standard InChI is InChI=1S/C11H24N2O2/c1-14-9-11(12)7-13-5-2-6-15-8-10-3-4-10/h10-11,13H,2-9,12H2,1H3. The molecular weight excluding hydrogens is 192 g/mol. The average Bonchev–Trinajstić information content (AvgIpc) is 3.00. The summed E-state index contributed by atoms with van der Waals surface area (Å²) in [6, 6.07) is 0.0994. The van der Waals surface area contributed by atoms with Crippen LogP contribution in [0.4, 0.5) is 0 Å². The van der Waals surface area contributed by atoms with Crippen LogP contribution in [0.2, 0.25) is 0 Å². The summed E-state index contributed by atoms with van der Waals surface area (Å²) < 4.78 is 10.5. The highest BCUT2D eigenvalue weighted by Gasteiger charge is 2.20. The van der Waals surface area contributed by atoms with Crippen molar-refractivity contribution >= 4 is 0 Å². The third-order valence-corrected chi connectivity index (χ3v) is 2.48. The third kappa shape index (κ3) is 7.73. The minimum Gasteiger partial charge on any atom is -0.383 e. The van der Waals surface area contributed by atoms with Crippen molar-refractivity contribution in [1.29, 1.82) is 0 Å². The topological polar surface area (TPSA) is 56.5 Å². The zero-order chi connectivity index (χ0) is 10.9. The van der Waals surface area contributed by atoms with Crippen molar-refractivity contribution in [2.75, 3.05) is 40.0 Å². The molecule has 0 spiro atoms. The Kier molecular flexibility index (Phi) is 6.92. The van der Waals surface area contributed by atoms with Gasteiger partial charge < -0.3 is 20.5 Å². The Hall–Kier alpha value is -0.160. The van der Waals surface area contributed by atoms with Gasteiger partial charge in [0.15, 0.2) is 0 Å². The van der Waals surface area contributed by atoms with Crippen molar-refractivity contribution in [3.8, 4) is 0 Å². The molecule has 1 atom stereocenters. The molecule has 1 aliphatic carbocycles. The monoisotopic (exact) mass is 216 g/mol. The summed E-state index contributed by atoms with van der Waals surface area (Å²) >= 11 is 0. The van der Waals surface area contributed by atoms with Crippen molar-refractivity contribution in [2.24, 2.45) is 11.7 Å². The van der Waals surface area contributed by atoms with Crippen LogP contribution in [0.15, 0.2) is 0 Å². The molecule has 1 aliphatic rings. The Labute approximate surface area is 92.5 Å². The molecule has 0 bridgehead atoms. The predicted molar refractivity (Wildman–Crippen MR) is 60.9 cm³/mol. The highest BCUT2D eigenvalue weighted by atomic mass is 16.5. The smallest absolute Gasteiger partial charge is 0.0626 e.